The minimum Gasteiger partial charge on any atom is -0.466 e. The Kier molecular flexibility index (Phi) is 12.5. The number of halogens is 1. The minimum atomic E-state index is -0.907. The zero-order valence-electron chi connectivity index (χ0n) is 27.5. The molecule has 48 heavy (non-hydrogen) atoms. The van der Waals surface area contributed by atoms with E-state index in [2.05, 4.69) is 70.9 Å². The molecule has 254 valence electrons. The van der Waals surface area contributed by atoms with Crippen LogP contribution in [-0.2, 0) is 29.2 Å². The molecule has 0 bridgehead atoms. The Bertz CT molecular complexity index is 1610. The second kappa shape index (κ2) is 16.5. The van der Waals surface area contributed by atoms with Gasteiger partial charge in [0.2, 0.25) is 0 Å². The Morgan fingerprint density at radius 3 is 2.00 bits per heavy atom. The van der Waals surface area contributed by atoms with E-state index in [0.29, 0.717) is 23.6 Å². The van der Waals surface area contributed by atoms with Crippen molar-refractivity contribution in [3.05, 3.63) is 134 Å². The first-order chi connectivity index (χ1) is 22.7. The molecule has 1 fully saturated rings. The summed E-state index contributed by atoms with van der Waals surface area (Å²) in [5, 5.41) is 14.6. The van der Waals surface area contributed by atoms with Crippen molar-refractivity contribution in [3.63, 3.8) is 0 Å². The number of allylic oxidation sites excluding steroid dienone is 2. The maximum Gasteiger partial charge on any atom is 0.336 e. The molecule has 1 unspecified atom stereocenters. The second-order valence-corrected chi connectivity index (χ2v) is 11.9. The quantitative estimate of drug-likeness (QED) is 0.106. The highest BCUT2D eigenvalue weighted by Crippen LogP contribution is 2.42. The van der Waals surface area contributed by atoms with Gasteiger partial charge in [-0.1, -0.05) is 72.8 Å². The SMILES string of the molecule is COC(=O)C1=C(C)NC(C)=C(C(=O)OCCOCCN2CCC(c3ccccc3)(c3ccccc3)CC2)C1c1cccc([N+](=O)[O-])c1.Cl. The molecular formula is C37H42ClN3O7. The third kappa shape index (κ3) is 7.95. The molecule has 3 aromatic rings. The number of rotatable bonds is 12. The summed E-state index contributed by atoms with van der Waals surface area (Å²) in [7, 11) is 1.25. The molecule has 0 aliphatic carbocycles. The highest BCUT2D eigenvalue weighted by molar-refractivity contribution is 5.99. The van der Waals surface area contributed by atoms with Crippen molar-refractivity contribution in [2.24, 2.45) is 0 Å². The van der Waals surface area contributed by atoms with Gasteiger partial charge in [0, 0.05) is 35.5 Å². The van der Waals surface area contributed by atoms with Crippen LogP contribution in [0.15, 0.2) is 107 Å². The van der Waals surface area contributed by atoms with E-state index in [1.165, 1.54) is 36.4 Å². The number of benzene rings is 3. The van der Waals surface area contributed by atoms with Gasteiger partial charge < -0.3 is 24.4 Å². The molecule has 11 heteroatoms. The molecular weight excluding hydrogens is 634 g/mol. The van der Waals surface area contributed by atoms with Gasteiger partial charge in [0.15, 0.2) is 0 Å². The molecule has 1 atom stereocenters. The van der Waals surface area contributed by atoms with Gasteiger partial charge in [0.05, 0.1) is 42.3 Å². The molecule has 2 aliphatic heterocycles. The summed E-state index contributed by atoms with van der Waals surface area (Å²) in [6.07, 6.45) is 2.02. The summed E-state index contributed by atoms with van der Waals surface area (Å²) in [4.78, 5) is 39.7. The fourth-order valence-corrected chi connectivity index (χ4v) is 6.78. The lowest BCUT2D eigenvalue weighted by molar-refractivity contribution is -0.384. The maximum atomic E-state index is 13.5. The van der Waals surface area contributed by atoms with E-state index in [0.717, 1.165) is 32.5 Å². The summed E-state index contributed by atoms with van der Waals surface area (Å²) < 4.78 is 16.5. The number of non-ortho nitro benzene ring substituents is 1. The van der Waals surface area contributed by atoms with Crippen molar-refractivity contribution in [2.45, 2.75) is 38.0 Å². The van der Waals surface area contributed by atoms with Crippen LogP contribution in [0.3, 0.4) is 0 Å². The number of nitrogens with zero attached hydrogens (tertiary/aromatic N) is 2. The van der Waals surface area contributed by atoms with E-state index in [9.17, 15) is 19.7 Å². The number of piperidine rings is 1. The van der Waals surface area contributed by atoms with Crippen molar-refractivity contribution in [3.8, 4) is 0 Å². The minimum absolute atomic E-state index is 0. The van der Waals surface area contributed by atoms with Gasteiger partial charge in [0.1, 0.15) is 6.61 Å². The van der Waals surface area contributed by atoms with Crippen LogP contribution in [-0.4, -0.2) is 68.3 Å². The summed E-state index contributed by atoms with van der Waals surface area (Å²) in [5.41, 5.74) is 4.29. The van der Waals surface area contributed by atoms with Gasteiger partial charge in [-0.2, -0.15) is 0 Å². The zero-order chi connectivity index (χ0) is 33.4. The predicted octanol–water partition coefficient (Wildman–Crippen LogP) is 6.07. The highest BCUT2D eigenvalue weighted by Gasteiger charge is 2.39. The highest BCUT2D eigenvalue weighted by atomic mass is 35.5. The molecule has 0 radical (unpaired) electrons. The number of hydrogen-bond donors (Lipinski definition) is 1. The van der Waals surface area contributed by atoms with Crippen LogP contribution >= 0.6 is 12.4 Å². The number of ether oxygens (including phenoxy) is 3. The van der Waals surface area contributed by atoms with Crippen molar-refractivity contribution >= 4 is 30.0 Å². The van der Waals surface area contributed by atoms with E-state index >= 15 is 0 Å². The van der Waals surface area contributed by atoms with E-state index in [-0.39, 0.29) is 47.9 Å². The summed E-state index contributed by atoms with van der Waals surface area (Å²) in [6, 6.07) is 27.4. The van der Waals surface area contributed by atoms with Crippen molar-refractivity contribution in [2.75, 3.05) is 46.6 Å². The fraction of sp³-hybridized carbons (Fsp3) is 0.351. The van der Waals surface area contributed by atoms with Gasteiger partial charge in [-0.3, -0.25) is 10.1 Å². The van der Waals surface area contributed by atoms with Crippen molar-refractivity contribution in [1.82, 2.24) is 10.2 Å². The Balaban J connectivity index is 0.00000520. The van der Waals surface area contributed by atoms with Crippen LogP contribution < -0.4 is 5.32 Å². The van der Waals surface area contributed by atoms with E-state index in [1.807, 2.05) is 0 Å². The van der Waals surface area contributed by atoms with Gasteiger partial charge in [0.25, 0.3) is 5.69 Å². The summed E-state index contributed by atoms with van der Waals surface area (Å²) in [6.45, 7) is 6.77. The normalized spacial score (nSPS) is 17.6. The van der Waals surface area contributed by atoms with E-state index in [4.69, 9.17) is 14.2 Å². The molecule has 1 saturated heterocycles. The smallest absolute Gasteiger partial charge is 0.336 e. The van der Waals surface area contributed by atoms with Crippen LogP contribution in [0.5, 0.6) is 0 Å². The number of methoxy groups -OCH3 is 1. The molecule has 5 rings (SSSR count). The number of hydrogen-bond acceptors (Lipinski definition) is 9. The summed E-state index contributed by atoms with van der Waals surface area (Å²) in [5.74, 6) is -2.19. The monoisotopic (exact) mass is 675 g/mol. The average molecular weight is 676 g/mol. The molecule has 2 heterocycles. The third-order valence-electron chi connectivity index (χ3n) is 9.17. The molecule has 3 aromatic carbocycles. The Morgan fingerprint density at radius 2 is 1.44 bits per heavy atom. The third-order valence-corrected chi connectivity index (χ3v) is 9.17. The van der Waals surface area contributed by atoms with Gasteiger partial charge >= 0.3 is 11.9 Å². The Hall–Kier alpha value is -4.51. The molecule has 2 aliphatic rings. The second-order valence-electron chi connectivity index (χ2n) is 11.9. The zero-order valence-corrected chi connectivity index (χ0v) is 28.3. The number of dihydropyridines is 1. The number of nitrogens with one attached hydrogen (secondary N) is 1. The average Bonchev–Trinajstić information content (AvgIpc) is 3.10. The molecule has 10 nitrogen and oxygen atoms in total. The standard InChI is InChI=1S/C37H41N3O7.ClH/c1-26-32(35(41)45-3)34(28-11-10-16-31(25-28)40(43)44)33(27(2)38-26)36(42)47-24-23-46-22-21-39-19-17-37(18-20-39,29-12-6-4-7-13-29)30-14-8-5-9-15-30;/h4-16,25,34,38H,17-24H2,1-3H3;1H. The lowest BCUT2D eigenvalue weighted by atomic mass is 9.68. The van der Waals surface area contributed by atoms with Crippen LogP contribution in [0, 0.1) is 10.1 Å². The number of carbonyl (C=O) groups is 2. The van der Waals surface area contributed by atoms with Crippen LogP contribution in [0.2, 0.25) is 0 Å². The molecule has 0 saturated carbocycles. The van der Waals surface area contributed by atoms with Crippen LogP contribution in [0.4, 0.5) is 5.69 Å². The summed E-state index contributed by atoms with van der Waals surface area (Å²) >= 11 is 0. The van der Waals surface area contributed by atoms with E-state index in [1.54, 1.807) is 19.9 Å². The first-order valence-electron chi connectivity index (χ1n) is 15.8. The Labute approximate surface area is 287 Å². The van der Waals surface area contributed by atoms with E-state index < -0.39 is 22.8 Å². The van der Waals surface area contributed by atoms with Gasteiger partial charge in [-0.25, -0.2) is 9.59 Å². The molecule has 0 spiro atoms. The fourth-order valence-electron chi connectivity index (χ4n) is 6.78. The number of esters is 2. The lowest BCUT2D eigenvalue weighted by Gasteiger charge is -2.43. The van der Waals surface area contributed by atoms with Crippen molar-refractivity contribution in [1.29, 1.82) is 0 Å². The maximum absolute atomic E-state index is 13.5. The molecule has 0 amide bonds. The topological polar surface area (TPSA) is 120 Å². The predicted molar refractivity (Wildman–Crippen MR) is 185 cm³/mol. The first-order valence-corrected chi connectivity index (χ1v) is 15.8. The first kappa shape index (κ1) is 36.3. The van der Waals surface area contributed by atoms with Gasteiger partial charge in [-0.15, -0.1) is 12.4 Å². The lowest BCUT2D eigenvalue weighted by Crippen LogP contribution is -2.44. The van der Waals surface area contributed by atoms with Crippen LogP contribution in [0.25, 0.3) is 0 Å². The molecule has 1 N–H and O–H groups in total. The number of nitro groups is 1. The largest absolute Gasteiger partial charge is 0.466 e. The van der Waals surface area contributed by atoms with Crippen molar-refractivity contribution < 1.29 is 28.7 Å². The molecule has 0 aromatic heterocycles. The Morgan fingerprint density at radius 1 is 0.854 bits per heavy atom. The van der Waals surface area contributed by atoms with Crippen LogP contribution in [0.1, 0.15) is 49.3 Å². The number of likely N-dealkylation sites (tertiary alicyclic amines) is 1. The number of nitro benzene ring substituents is 1. The number of carbonyl (C=O) groups excluding carboxylic acids is 2. The van der Waals surface area contributed by atoms with Gasteiger partial charge in [-0.05, 0) is 56.5 Å².